The van der Waals surface area contributed by atoms with Gasteiger partial charge in [-0.25, -0.2) is 4.68 Å². The summed E-state index contributed by atoms with van der Waals surface area (Å²) < 4.78 is 12.9. The normalized spacial score (nSPS) is 15.7. The molecular weight excluding hydrogens is 468 g/mol. The van der Waals surface area contributed by atoms with Crippen LogP contribution < -0.4 is 25.0 Å². The van der Waals surface area contributed by atoms with Crippen molar-refractivity contribution in [3.63, 3.8) is 0 Å². The van der Waals surface area contributed by atoms with Gasteiger partial charge in [0.1, 0.15) is 6.04 Å². The van der Waals surface area contributed by atoms with E-state index in [0.717, 1.165) is 16.8 Å². The highest BCUT2D eigenvalue weighted by Crippen LogP contribution is 2.41. The molecule has 9 heteroatoms. The Balaban J connectivity index is 1.43. The van der Waals surface area contributed by atoms with E-state index in [9.17, 15) is 4.79 Å². The first-order chi connectivity index (χ1) is 18.0. The Labute approximate surface area is 214 Å². The van der Waals surface area contributed by atoms with Crippen LogP contribution in [0.3, 0.4) is 0 Å². The molecule has 1 amide bonds. The molecule has 1 aromatic heterocycles. The fourth-order valence-electron chi connectivity index (χ4n) is 4.59. The highest BCUT2D eigenvalue weighted by atomic mass is 16.7. The molecule has 2 aliphatic heterocycles. The lowest BCUT2D eigenvalue weighted by molar-refractivity contribution is -0.113. The highest BCUT2D eigenvalue weighted by molar-refractivity contribution is 6.06. The van der Waals surface area contributed by atoms with Crippen molar-refractivity contribution in [1.82, 2.24) is 14.8 Å². The first-order valence-electron chi connectivity index (χ1n) is 12.0. The summed E-state index contributed by atoms with van der Waals surface area (Å²) in [5, 5.41) is 11.2. The van der Waals surface area contributed by atoms with Crippen LogP contribution in [-0.2, 0) is 4.79 Å². The molecule has 3 aromatic carbocycles. The summed E-state index contributed by atoms with van der Waals surface area (Å²) in [7, 11) is 4.00. The SMILES string of the molecule is CC1=C(C(=O)Nc2ccccc2)C(c2ccc3c(c2)OCO3)n2nc(-c3ccc(N(C)C)cc3)nc2N1. The second-order valence-corrected chi connectivity index (χ2v) is 9.14. The number of para-hydroxylation sites is 1. The lowest BCUT2D eigenvalue weighted by Crippen LogP contribution is -2.31. The number of hydrogen-bond acceptors (Lipinski definition) is 7. The number of carbonyl (C=O) groups is 1. The van der Waals surface area contributed by atoms with Gasteiger partial charge >= 0.3 is 0 Å². The maximum atomic E-state index is 13.7. The average molecular weight is 495 g/mol. The molecule has 2 N–H and O–H groups in total. The standard InChI is InChI=1S/C28H26N6O3/c1-17-24(27(35)30-20-7-5-4-6-8-20)25(19-11-14-22-23(15-19)37-16-36-22)34-28(29-17)31-26(32-34)18-9-12-21(13-10-18)33(2)3/h4-15,25H,16H2,1-3H3,(H,30,35)(H,29,31,32). The van der Waals surface area contributed by atoms with Crippen LogP contribution >= 0.6 is 0 Å². The Morgan fingerprint density at radius 1 is 1.03 bits per heavy atom. The van der Waals surface area contributed by atoms with E-state index in [1.54, 1.807) is 4.68 Å². The van der Waals surface area contributed by atoms with Gasteiger partial charge in [-0.05, 0) is 61.0 Å². The molecule has 6 rings (SSSR count). The van der Waals surface area contributed by atoms with E-state index in [1.807, 2.05) is 98.7 Å². The largest absolute Gasteiger partial charge is 0.454 e. The maximum Gasteiger partial charge on any atom is 0.255 e. The number of amides is 1. The van der Waals surface area contributed by atoms with Crippen molar-refractivity contribution < 1.29 is 14.3 Å². The first-order valence-corrected chi connectivity index (χ1v) is 12.0. The zero-order chi connectivity index (χ0) is 25.5. The van der Waals surface area contributed by atoms with Crippen molar-refractivity contribution in [3.05, 3.63) is 89.6 Å². The Hall–Kier alpha value is -4.79. The Kier molecular flexibility index (Phi) is 5.52. The molecule has 0 bridgehead atoms. The zero-order valence-corrected chi connectivity index (χ0v) is 20.7. The molecule has 0 saturated carbocycles. The molecule has 0 saturated heterocycles. The van der Waals surface area contributed by atoms with E-state index in [0.29, 0.717) is 40.2 Å². The van der Waals surface area contributed by atoms with Gasteiger partial charge in [0.25, 0.3) is 5.91 Å². The topological polar surface area (TPSA) is 93.5 Å². The second kappa shape index (κ2) is 9.02. The number of rotatable bonds is 5. The van der Waals surface area contributed by atoms with Crippen LogP contribution in [0.25, 0.3) is 11.4 Å². The van der Waals surface area contributed by atoms with E-state index in [2.05, 4.69) is 10.6 Å². The predicted molar refractivity (Wildman–Crippen MR) is 142 cm³/mol. The number of nitrogens with one attached hydrogen (secondary N) is 2. The molecule has 1 unspecified atom stereocenters. The number of nitrogens with zero attached hydrogens (tertiary/aromatic N) is 4. The van der Waals surface area contributed by atoms with Gasteiger partial charge in [-0.1, -0.05) is 24.3 Å². The van der Waals surface area contributed by atoms with E-state index in [-0.39, 0.29) is 12.7 Å². The lowest BCUT2D eigenvalue weighted by Gasteiger charge is -2.28. The molecule has 0 radical (unpaired) electrons. The van der Waals surface area contributed by atoms with E-state index in [1.165, 1.54) is 0 Å². The van der Waals surface area contributed by atoms with Crippen LogP contribution in [0.15, 0.2) is 84.1 Å². The molecule has 37 heavy (non-hydrogen) atoms. The minimum Gasteiger partial charge on any atom is -0.454 e. The van der Waals surface area contributed by atoms with Gasteiger partial charge in [-0.15, -0.1) is 5.10 Å². The third-order valence-corrected chi connectivity index (χ3v) is 6.48. The molecule has 0 spiro atoms. The van der Waals surface area contributed by atoms with Gasteiger partial charge in [-0.3, -0.25) is 4.79 Å². The number of hydrogen-bond donors (Lipinski definition) is 2. The second-order valence-electron chi connectivity index (χ2n) is 9.14. The summed E-state index contributed by atoms with van der Waals surface area (Å²) in [5.74, 6) is 2.21. The molecular formula is C28H26N6O3. The molecule has 2 aliphatic rings. The number of ether oxygens (including phenoxy) is 2. The minimum atomic E-state index is -0.531. The average Bonchev–Trinajstić information content (AvgIpc) is 3.55. The molecule has 9 nitrogen and oxygen atoms in total. The summed E-state index contributed by atoms with van der Waals surface area (Å²) in [6.07, 6.45) is 0. The molecule has 4 aromatic rings. The van der Waals surface area contributed by atoms with E-state index >= 15 is 0 Å². The summed E-state index contributed by atoms with van der Waals surface area (Å²) >= 11 is 0. The Morgan fingerprint density at radius 2 is 1.78 bits per heavy atom. The number of anilines is 3. The monoisotopic (exact) mass is 494 g/mol. The Morgan fingerprint density at radius 3 is 2.54 bits per heavy atom. The van der Waals surface area contributed by atoms with Gasteiger partial charge < -0.3 is 25.0 Å². The number of allylic oxidation sites excluding steroid dienone is 1. The smallest absolute Gasteiger partial charge is 0.255 e. The molecule has 0 aliphatic carbocycles. The fourth-order valence-corrected chi connectivity index (χ4v) is 4.59. The molecule has 186 valence electrons. The van der Waals surface area contributed by atoms with Crippen LogP contribution in [0.4, 0.5) is 17.3 Å². The zero-order valence-electron chi connectivity index (χ0n) is 20.7. The molecule has 0 fully saturated rings. The number of carbonyl (C=O) groups excluding carboxylic acids is 1. The van der Waals surface area contributed by atoms with Gasteiger partial charge in [0.2, 0.25) is 12.7 Å². The fraction of sp³-hybridized carbons (Fsp3) is 0.179. The molecule has 1 atom stereocenters. The van der Waals surface area contributed by atoms with Gasteiger partial charge in [0, 0.05) is 36.7 Å². The van der Waals surface area contributed by atoms with Crippen LogP contribution in [-0.4, -0.2) is 41.6 Å². The van der Waals surface area contributed by atoms with Crippen LogP contribution in [0, 0.1) is 0 Å². The Bertz CT molecular complexity index is 1510. The van der Waals surface area contributed by atoms with Crippen LogP contribution in [0.2, 0.25) is 0 Å². The van der Waals surface area contributed by atoms with Crippen molar-refractivity contribution in [1.29, 1.82) is 0 Å². The number of benzene rings is 3. The van der Waals surface area contributed by atoms with Gasteiger partial charge in [0.15, 0.2) is 17.3 Å². The summed E-state index contributed by atoms with van der Waals surface area (Å²) in [6.45, 7) is 2.05. The van der Waals surface area contributed by atoms with Crippen LogP contribution in [0.5, 0.6) is 11.5 Å². The quantitative estimate of drug-likeness (QED) is 0.417. The van der Waals surface area contributed by atoms with Crippen molar-refractivity contribution in [2.45, 2.75) is 13.0 Å². The third-order valence-electron chi connectivity index (χ3n) is 6.48. The van der Waals surface area contributed by atoms with Crippen molar-refractivity contribution >= 4 is 23.2 Å². The highest BCUT2D eigenvalue weighted by Gasteiger charge is 2.35. The van der Waals surface area contributed by atoms with Gasteiger partial charge in [-0.2, -0.15) is 4.98 Å². The van der Waals surface area contributed by atoms with E-state index < -0.39 is 6.04 Å². The summed E-state index contributed by atoms with van der Waals surface area (Å²) in [6, 6.07) is 22.6. The summed E-state index contributed by atoms with van der Waals surface area (Å²) in [5.41, 5.74) is 4.75. The third kappa shape index (κ3) is 4.14. The molecule has 3 heterocycles. The van der Waals surface area contributed by atoms with Crippen molar-refractivity contribution in [2.75, 3.05) is 36.4 Å². The lowest BCUT2D eigenvalue weighted by atomic mass is 9.94. The maximum absolute atomic E-state index is 13.7. The first kappa shape index (κ1) is 22.7. The number of fused-ring (bicyclic) bond motifs is 2. The minimum absolute atomic E-state index is 0.170. The van der Waals surface area contributed by atoms with Crippen molar-refractivity contribution in [3.8, 4) is 22.9 Å². The van der Waals surface area contributed by atoms with Crippen LogP contribution in [0.1, 0.15) is 18.5 Å². The summed E-state index contributed by atoms with van der Waals surface area (Å²) in [4.78, 5) is 20.5. The van der Waals surface area contributed by atoms with Gasteiger partial charge in [0.05, 0.1) is 5.57 Å². The number of aromatic nitrogens is 3. The van der Waals surface area contributed by atoms with Crippen molar-refractivity contribution in [2.24, 2.45) is 0 Å². The predicted octanol–water partition coefficient (Wildman–Crippen LogP) is 4.67. The van der Waals surface area contributed by atoms with E-state index in [4.69, 9.17) is 19.6 Å².